The molecule has 0 saturated carbocycles. The molecule has 0 bridgehead atoms. The van der Waals surface area contributed by atoms with Gasteiger partial charge in [0.2, 0.25) is 0 Å². The number of amides is 1. The summed E-state index contributed by atoms with van der Waals surface area (Å²) < 4.78 is 52.4. The first kappa shape index (κ1) is 26.7. The molecule has 6 nitrogen and oxygen atoms in total. The van der Waals surface area contributed by atoms with E-state index in [2.05, 4.69) is 16.0 Å². The summed E-state index contributed by atoms with van der Waals surface area (Å²) in [6.45, 7) is 4.19. The molecule has 2 aliphatic rings. The summed E-state index contributed by atoms with van der Waals surface area (Å²) in [5.74, 6) is -1.19. The third-order valence-corrected chi connectivity index (χ3v) is 6.80. The number of rotatable bonds is 8. The van der Waals surface area contributed by atoms with E-state index in [9.17, 15) is 22.4 Å². The Bertz CT molecular complexity index is 1050. The van der Waals surface area contributed by atoms with Crippen LogP contribution in [-0.2, 0) is 6.54 Å². The maximum Gasteiger partial charge on any atom is 0.390 e. The van der Waals surface area contributed by atoms with Gasteiger partial charge in [0.1, 0.15) is 5.82 Å². The number of anilines is 2. The summed E-state index contributed by atoms with van der Waals surface area (Å²) in [7, 11) is 0. The molecule has 2 aromatic rings. The second kappa shape index (κ2) is 11.8. The molecule has 2 heterocycles. The Balaban J connectivity index is 1.39. The lowest BCUT2D eigenvalue weighted by molar-refractivity contribution is -0.138. The zero-order valence-electron chi connectivity index (χ0n) is 19.8. The van der Waals surface area contributed by atoms with Crippen LogP contribution in [-0.4, -0.2) is 68.8 Å². The van der Waals surface area contributed by atoms with E-state index < -0.39 is 24.3 Å². The molecule has 0 radical (unpaired) electrons. The van der Waals surface area contributed by atoms with Crippen molar-refractivity contribution in [2.75, 3.05) is 56.0 Å². The normalized spacial score (nSPS) is 19.0. The predicted molar refractivity (Wildman–Crippen MR) is 133 cm³/mol. The molecule has 36 heavy (non-hydrogen) atoms. The van der Waals surface area contributed by atoms with Gasteiger partial charge in [-0.15, -0.1) is 0 Å². The summed E-state index contributed by atoms with van der Waals surface area (Å²) in [4.78, 5) is 16.7. The maximum atomic E-state index is 14.8. The highest BCUT2D eigenvalue weighted by Crippen LogP contribution is 2.31. The molecule has 2 aromatic carbocycles. The highest BCUT2D eigenvalue weighted by atomic mass is 35.5. The van der Waals surface area contributed by atoms with Gasteiger partial charge in [-0.05, 0) is 48.9 Å². The first-order valence-corrected chi connectivity index (χ1v) is 12.4. The van der Waals surface area contributed by atoms with Crippen molar-refractivity contribution in [3.05, 3.63) is 58.4 Å². The Labute approximate surface area is 213 Å². The molecule has 1 amide bonds. The van der Waals surface area contributed by atoms with Crippen molar-refractivity contribution in [3.63, 3.8) is 0 Å². The van der Waals surface area contributed by atoms with Gasteiger partial charge in [0.15, 0.2) is 0 Å². The number of halogens is 5. The Morgan fingerprint density at radius 2 is 1.89 bits per heavy atom. The molecular weight excluding hydrogens is 498 g/mol. The number of benzene rings is 2. The number of piperazine rings is 1. The van der Waals surface area contributed by atoms with Crippen molar-refractivity contribution in [1.29, 1.82) is 0 Å². The number of carbonyl (C=O) groups excluding carboxylic acids is 1. The molecule has 2 fully saturated rings. The van der Waals surface area contributed by atoms with Crippen LogP contribution in [0.4, 0.5) is 28.9 Å². The van der Waals surface area contributed by atoms with Gasteiger partial charge in [0.25, 0.3) is 5.91 Å². The first-order chi connectivity index (χ1) is 17.2. The van der Waals surface area contributed by atoms with Crippen LogP contribution in [0.3, 0.4) is 0 Å². The van der Waals surface area contributed by atoms with Crippen molar-refractivity contribution in [3.8, 4) is 0 Å². The number of nitrogens with zero attached hydrogens (tertiary/aromatic N) is 2. The minimum atomic E-state index is -4.18. The second-order valence-corrected chi connectivity index (χ2v) is 9.63. The van der Waals surface area contributed by atoms with Gasteiger partial charge >= 0.3 is 6.18 Å². The highest BCUT2D eigenvalue weighted by Gasteiger charge is 2.29. The van der Waals surface area contributed by atoms with Gasteiger partial charge in [0, 0.05) is 56.9 Å². The lowest BCUT2D eigenvalue weighted by atomic mass is 10.1. The average molecular weight is 528 g/mol. The fraction of sp³-hybridized carbons (Fsp3) is 0.480. The van der Waals surface area contributed by atoms with Crippen LogP contribution in [0.15, 0.2) is 36.4 Å². The van der Waals surface area contributed by atoms with Gasteiger partial charge in [-0.1, -0.05) is 17.7 Å². The number of nitrogens with one attached hydrogen (secondary N) is 3. The Morgan fingerprint density at radius 3 is 2.56 bits per heavy atom. The average Bonchev–Trinajstić information content (AvgIpc) is 3.36. The van der Waals surface area contributed by atoms with Crippen LogP contribution in [0.25, 0.3) is 0 Å². The standard InChI is InChI=1S/C25H30ClF4N5O/c26-18-2-4-22(23(14-18)35-11-9-34(10-12-35)8-6-25(28,29)30)33-24(36)20-3-1-17(13-21(20)27)15-32-19-5-7-31-16-19/h1-4,13-14,19,31-32H,5-12,15-16H2,(H,33,36). The van der Waals surface area contributed by atoms with E-state index >= 15 is 0 Å². The van der Waals surface area contributed by atoms with E-state index in [4.69, 9.17) is 11.6 Å². The zero-order valence-corrected chi connectivity index (χ0v) is 20.6. The van der Waals surface area contributed by atoms with E-state index in [1.165, 1.54) is 12.1 Å². The predicted octanol–water partition coefficient (Wildman–Crippen LogP) is 4.26. The fourth-order valence-corrected chi connectivity index (χ4v) is 4.67. The maximum absolute atomic E-state index is 14.8. The molecule has 0 aromatic heterocycles. The quantitative estimate of drug-likeness (QED) is 0.448. The van der Waals surface area contributed by atoms with E-state index in [0.29, 0.717) is 55.2 Å². The smallest absolute Gasteiger partial charge is 0.367 e. The number of hydrogen-bond acceptors (Lipinski definition) is 5. The zero-order chi connectivity index (χ0) is 25.7. The van der Waals surface area contributed by atoms with E-state index in [-0.39, 0.29) is 12.1 Å². The molecule has 0 aliphatic carbocycles. The van der Waals surface area contributed by atoms with Gasteiger partial charge in [0.05, 0.1) is 23.4 Å². The van der Waals surface area contributed by atoms with Crippen LogP contribution in [0.2, 0.25) is 5.02 Å². The van der Waals surface area contributed by atoms with Crippen molar-refractivity contribution < 1.29 is 22.4 Å². The van der Waals surface area contributed by atoms with Crippen molar-refractivity contribution in [2.24, 2.45) is 0 Å². The van der Waals surface area contributed by atoms with Crippen LogP contribution < -0.4 is 20.9 Å². The third kappa shape index (κ3) is 7.32. The Morgan fingerprint density at radius 1 is 1.11 bits per heavy atom. The number of alkyl halides is 3. The summed E-state index contributed by atoms with van der Waals surface area (Å²) in [5.41, 5.74) is 1.80. The Hall–Kier alpha value is -2.40. The molecule has 1 unspecified atom stereocenters. The lowest BCUT2D eigenvalue weighted by Gasteiger charge is -2.37. The summed E-state index contributed by atoms with van der Waals surface area (Å²) in [6.07, 6.45) is -4.00. The number of carbonyl (C=O) groups is 1. The van der Waals surface area contributed by atoms with Gasteiger partial charge in [-0.2, -0.15) is 13.2 Å². The van der Waals surface area contributed by atoms with Gasteiger partial charge < -0.3 is 20.9 Å². The van der Waals surface area contributed by atoms with Crippen molar-refractivity contribution >= 4 is 28.9 Å². The molecule has 3 N–H and O–H groups in total. The monoisotopic (exact) mass is 527 g/mol. The van der Waals surface area contributed by atoms with E-state index in [1.807, 2.05) is 4.90 Å². The molecule has 4 rings (SSSR count). The molecule has 0 spiro atoms. The highest BCUT2D eigenvalue weighted by molar-refractivity contribution is 6.31. The van der Waals surface area contributed by atoms with Crippen molar-refractivity contribution in [2.45, 2.75) is 31.6 Å². The van der Waals surface area contributed by atoms with Gasteiger partial charge in [-0.3, -0.25) is 9.69 Å². The SMILES string of the molecule is O=C(Nc1ccc(Cl)cc1N1CCN(CCC(F)(F)F)CC1)c1ccc(CNC2CCNC2)cc1F. The van der Waals surface area contributed by atoms with Crippen LogP contribution >= 0.6 is 11.6 Å². The van der Waals surface area contributed by atoms with Crippen molar-refractivity contribution in [1.82, 2.24) is 15.5 Å². The minimum absolute atomic E-state index is 0.0428. The summed E-state index contributed by atoms with van der Waals surface area (Å²) in [5, 5.41) is 9.88. The van der Waals surface area contributed by atoms with E-state index in [0.717, 1.165) is 25.1 Å². The molecule has 2 aliphatic heterocycles. The van der Waals surface area contributed by atoms with Crippen LogP contribution in [0.1, 0.15) is 28.8 Å². The first-order valence-electron chi connectivity index (χ1n) is 12.1. The Kier molecular flexibility index (Phi) is 8.71. The molecule has 11 heteroatoms. The summed E-state index contributed by atoms with van der Waals surface area (Å²) >= 11 is 6.19. The molecule has 1 atom stereocenters. The molecular formula is C25H30ClF4N5O. The fourth-order valence-electron chi connectivity index (χ4n) is 4.50. The third-order valence-electron chi connectivity index (χ3n) is 6.57. The lowest BCUT2D eigenvalue weighted by Crippen LogP contribution is -2.47. The molecule has 2 saturated heterocycles. The second-order valence-electron chi connectivity index (χ2n) is 9.19. The largest absolute Gasteiger partial charge is 0.390 e. The minimum Gasteiger partial charge on any atom is -0.367 e. The molecule has 196 valence electrons. The van der Waals surface area contributed by atoms with Crippen LogP contribution in [0.5, 0.6) is 0 Å². The summed E-state index contributed by atoms with van der Waals surface area (Å²) in [6, 6.07) is 9.91. The van der Waals surface area contributed by atoms with Crippen LogP contribution in [0, 0.1) is 5.82 Å². The van der Waals surface area contributed by atoms with Gasteiger partial charge in [-0.25, -0.2) is 4.39 Å². The number of hydrogen-bond donors (Lipinski definition) is 3. The topological polar surface area (TPSA) is 59.6 Å². The van der Waals surface area contributed by atoms with E-state index in [1.54, 1.807) is 29.2 Å².